The number of para-hydroxylation sites is 5. The summed E-state index contributed by atoms with van der Waals surface area (Å²) in [4.78, 5) is 37.2. The van der Waals surface area contributed by atoms with E-state index in [9.17, 15) is 0 Å². The van der Waals surface area contributed by atoms with E-state index in [0.717, 1.165) is 100 Å². The number of hydrogen-bond acceptors (Lipinski definition) is 8. The third-order valence-corrected chi connectivity index (χ3v) is 19.9. The molecule has 0 unspecified atom stereocenters. The summed E-state index contributed by atoms with van der Waals surface area (Å²) in [5.41, 5.74) is 25.7. The van der Waals surface area contributed by atoms with E-state index >= 15 is 0 Å². The summed E-state index contributed by atoms with van der Waals surface area (Å²) in [6, 6.07) is 112. The van der Waals surface area contributed by atoms with Gasteiger partial charge in [-0.1, -0.05) is 250 Å². The van der Waals surface area contributed by atoms with E-state index < -0.39 is 0 Å². The lowest BCUT2D eigenvalue weighted by atomic mass is 9.33. The number of benzene rings is 13. The Labute approximate surface area is 562 Å². The van der Waals surface area contributed by atoms with Gasteiger partial charge in [-0.15, -0.1) is 0 Å². The zero-order valence-corrected chi connectivity index (χ0v) is 53.1. The Balaban J connectivity index is 0.826. The van der Waals surface area contributed by atoms with Crippen LogP contribution in [0.2, 0.25) is 0 Å². The van der Waals surface area contributed by atoms with Gasteiger partial charge in [0.2, 0.25) is 0 Å². The van der Waals surface area contributed by atoms with Crippen LogP contribution in [0.15, 0.2) is 315 Å². The van der Waals surface area contributed by atoms with E-state index in [1.807, 2.05) is 78.9 Å². The SMILES string of the molecule is CC1(C)c2ccccc2-c2cc3c4ccccc4n(-c4ccc(-c5nc(-c6ccccc6)nc(-c6ccccc6)n5)cc4-c4nc(-c5ccccc5)nc(-c5ccc(-c6ccc7c8c6N(c6ccccc6)c6ccccc6B8c6ccccc6N7c6ccccc6)cc5)n4)c3cc21. The number of fused-ring (bicyclic) bond motifs is 10. The van der Waals surface area contributed by atoms with E-state index in [0.29, 0.717) is 34.9 Å². The highest BCUT2D eigenvalue weighted by Crippen LogP contribution is 2.52. The molecule has 0 N–H and O–H groups in total. The van der Waals surface area contributed by atoms with Crippen LogP contribution in [0.25, 0.3) is 118 Å². The van der Waals surface area contributed by atoms with Gasteiger partial charge in [0, 0.05) is 83.6 Å². The van der Waals surface area contributed by atoms with E-state index in [-0.39, 0.29) is 12.1 Å². The molecule has 0 radical (unpaired) electrons. The molecular weight excluding hydrogens is 1180 g/mol. The van der Waals surface area contributed by atoms with E-state index in [1.54, 1.807) is 0 Å². The fraction of sp³-hybridized carbons (Fsp3) is 0.0345. The molecule has 9 nitrogen and oxygen atoms in total. The Kier molecular flexibility index (Phi) is 12.8. The zero-order valence-electron chi connectivity index (χ0n) is 53.1. The highest BCUT2D eigenvalue weighted by molar-refractivity contribution is 7.00. The largest absolute Gasteiger partial charge is 0.311 e. The highest BCUT2D eigenvalue weighted by Gasteiger charge is 2.44. The second-order valence-electron chi connectivity index (χ2n) is 25.7. The minimum atomic E-state index is -0.245. The number of nitrogens with zero attached hydrogens (tertiary/aromatic N) is 9. The smallest absolute Gasteiger partial charge is 0.252 e. The number of rotatable bonds is 10. The van der Waals surface area contributed by atoms with Crippen molar-refractivity contribution >= 4 is 79.0 Å². The minimum Gasteiger partial charge on any atom is -0.311 e. The van der Waals surface area contributed by atoms with Crippen LogP contribution >= 0.6 is 0 Å². The number of aromatic nitrogens is 7. The molecule has 5 heterocycles. The van der Waals surface area contributed by atoms with Crippen LogP contribution in [0.4, 0.5) is 34.1 Å². The Morgan fingerprint density at radius 1 is 0.278 bits per heavy atom. The first-order valence-electron chi connectivity index (χ1n) is 33.0. The second kappa shape index (κ2) is 22.3. The van der Waals surface area contributed by atoms with Crippen LogP contribution in [0.3, 0.4) is 0 Å². The van der Waals surface area contributed by atoms with E-state index in [4.69, 9.17) is 29.9 Å². The molecule has 16 aromatic rings. The molecule has 1 aliphatic carbocycles. The molecule has 10 heteroatoms. The van der Waals surface area contributed by atoms with Gasteiger partial charge in [-0.2, -0.15) is 0 Å². The van der Waals surface area contributed by atoms with Gasteiger partial charge in [-0.25, -0.2) is 29.9 Å². The molecule has 2 aliphatic heterocycles. The van der Waals surface area contributed by atoms with Crippen molar-refractivity contribution < 1.29 is 0 Å². The third kappa shape index (κ3) is 9.01. The lowest BCUT2D eigenvalue weighted by Gasteiger charge is -2.45. The molecule has 13 aromatic carbocycles. The highest BCUT2D eigenvalue weighted by atomic mass is 15.2. The van der Waals surface area contributed by atoms with Crippen molar-refractivity contribution in [1.82, 2.24) is 34.5 Å². The predicted molar refractivity (Wildman–Crippen MR) is 397 cm³/mol. The minimum absolute atomic E-state index is 0.0331. The standard InChI is InChI=1S/C87H58BN9/c1-87(2)69-38-20-18-36-64(69)66-53-67-65-37-19-23-41-73(65)97(78(67)54-70(66)87)74-50-48-60(85-91-81(56-26-8-3-9-27-56)89-82(92-85)57-28-10-4-11-29-57)52-68(74)86-93-83(58-30-12-5-13-31-58)90-84(94-86)59-46-44-55(45-47-59)63-49-51-77-79-80(63)96(62-34-16-7-17-35-62)76-43-25-22-40-72(76)88(79)71-39-21-24-42-75(71)95(77)61-32-14-6-15-33-61/h3-54H,1-2H3. The molecule has 0 fully saturated rings. The first kappa shape index (κ1) is 55.9. The molecular formula is C87H58BN9. The van der Waals surface area contributed by atoms with Gasteiger partial charge in [-0.05, 0) is 123 Å². The van der Waals surface area contributed by atoms with Crippen molar-refractivity contribution in [2.75, 3.05) is 9.80 Å². The fourth-order valence-corrected chi connectivity index (χ4v) is 15.4. The number of hydrogen-bond donors (Lipinski definition) is 0. The molecule has 0 saturated heterocycles. The monoisotopic (exact) mass is 1240 g/mol. The molecule has 0 amide bonds. The zero-order chi connectivity index (χ0) is 64.3. The van der Waals surface area contributed by atoms with Gasteiger partial charge in [-0.3, -0.25) is 0 Å². The molecule has 3 aliphatic rings. The topological polar surface area (TPSA) is 88.7 Å². The Morgan fingerprint density at radius 2 is 0.732 bits per heavy atom. The van der Waals surface area contributed by atoms with Crippen LogP contribution in [-0.4, -0.2) is 41.2 Å². The van der Waals surface area contributed by atoms with E-state index in [1.165, 1.54) is 44.3 Å². The quantitative estimate of drug-likeness (QED) is 0.125. The summed E-state index contributed by atoms with van der Waals surface area (Å²) in [5, 5.41) is 2.31. The summed E-state index contributed by atoms with van der Waals surface area (Å²) >= 11 is 0. The maximum Gasteiger partial charge on any atom is 0.252 e. The lowest BCUT2D eigenvalue weighted by Crippen LogP contribution is -2.61. The molecule has 0 saturated carbocycles. The maximum absolute atomic E-state index is 5.65. The Bertz CT molecular complexity index is 5730. The molecule has 0 atom stereocenters. The summed E-state index contributed by atoms with van der Waals surface area (Å²) in [7, 11) is 0. The Morgan fingerprint density at radius 3 is 1.34 bits per heavy atom. The van der Waals surface area contributed by atoms with Gasteiger partial charge < -0.3 is 14.4 Å². The van der Waals surface area contributed by atoms with Crippen molar-refractivity contribution in [3.63, 3.8) is 0 Å². The van der Waals surface area contributed by atoms with Crippen LogP contribution in [0.1, 0.15) is 25.0 Å². The molecule has 19 rings (SSSR count). The maximum atomic E-state index is 5.65. The van der Waals surface area contributed by atoms with Crippen molar-refractivity contribution in [2.24, 2.45) is 0 Å². The average Bonchev–Trinajstić information content (AvgIpc) is 1.52. The van der Waals surface area contributed by atoms with Crippen LogP contribution in [0.5, 0.6) is 0 Å². The average molecular weight is 1240 g/mol. The van der Waals surface area contributed by atoms with E-state index in [2.05, 4.69) is 265 Å². The van der Waals surface area contributed by atoms with Crippen molar-refractivity contribution in [3.8, 4) is 96.3 Å². The van der Waals surface area contributed by atoms with Crippen LogP contribution < -0.4 is 26.2 Å². The number of anilines is 6. The van der Waals surface area contributed by atoms with Crippen molar-refractivity contribution in [2.45, 2.75) is 19.3 Å². The Hall–Kier alpha value is -12.7. The summed E-state index contributed by atoms with van der Waals surface area (Å²) in [5.74, 6) is 3.24. The first-order valence-corrected chi connectivity index (χ1v) is 33.0. The lowest BCUT2D eigenvalue weighted by molar-refractivity contribution is 0.661. The summed E-state index contributed by atoms with van der Waals surface area (Å²) < 4.78 is 2.41. The third-order valence-electron chi connectivity index (χ3n) is 19.9. The van der Waals surface area contributed by atoms with Crippen molar-refractivity contribution in [3.05, 3.63) is 327 Å². The summed E-state index contributed by atoms with van der Waals surface area (Å²) in [6.07, 6.45) is 0. The summed E-state index contributed by atoms with van der Waals surface area (Å²) in [6.45, 7) is 4.66. The van der Waals surface area contributed by atoms with Gasteiger partial charge in [0.1, 0.15) is 0 Å². The van der Waals surface area contributed by atoms with Gasteiger partial charge in [0.25, 0.3) is 6.71 Å². The molecule has 0 spiro atoms. The normalized spacial score (nSPS) is 13.1. The second-order valence-corrected chi connectivity index (χ2v) is 25.7. The van der Waals surface area contributed by atoms with Crippen LogP contribution in [-0.2, 0) is 5.41 Å². The molecule has 3 aromatic heterocycles. The fourth-order valence-electron chi connectivity index (χ4n) is 15.4. The van der Waals surface area contributed by atoms with Crippen molar-refractivity contribution in [1.29, 1.82) is 0 Å². The van der Waals surface area contributed by atoms with Crippen LogP contribution in [0, 0.1) is 0 Å². The molecule has 0 bridgehead atoms. The van der Waals surface area contributed by atoms with Gasteiger partial charge in [0.15, 0.2) is 34.9 Å². The van der Waals surface area contributed by atoms with Gasteiger partial charge in [0.05, 0.1) is 22.4 Å². The first-order chi connectivity index (χ1) is 47.9. The molecule has 97 heavy (non-hydrogen) atoms. The predicted octanol–water partition coefficient (Wildman–Crippen LogP) is 19.2. The molecule has 454 valence electrons. The van der Waals surface area contributed by atoms with Gasteiger partial charge >= 0.3 is 0 Å².